The van der Waals surface area contributed by atoms with E-state index in [0.29, 0.717) is 35.7 Å². The van der Waals surface area contributed by atoms with Crippen LogP contribution in [0.5, 0.6) is 0 Å². The minimum atomic E-state index is -3.10. The van der Waals surface area contributed by atoms with Gasteiger partial charge in [-0.1, -0.05) is 48.0 Å². The molecule has 0 saturated heterocycles. The number of benzene rings is 3. The fourth-order valence-electron chi connectivity index (χ4n) is 4.25. The maximum Gasteiger partial charge on any atom is 0.231 e. The van der Waals surface area contributed by atoms with Crippen LogP contribution >= 0.6 is 11.6 Å². The van der Waals surface area contributed by atoms with Gasteiger partial charge in [-0.2, -0.15) is 0 Å². The van der Waals surface area contributed by atoms with E-state index in [1.807, 2.05) is 47.0 Å². The number of hydrogen-bond acceptors (Lipinski definition) is 8. The average molecular weight is 590 g/mol. The summed E-state index contributed by atoms with van der Waals surface area (Å²) in [7, 11) is -3.10. The molecule has 5 aromatic rings. The van der Waals surface area contributed by atoms with Crippen molar-refractivity contribution in [3.8, 4) is 0 Å². The van der Waals surface area contributed by atoms with E-state index in [1.54, 1.807) is 42.6 Å². The summed E-state index contributed by atoms with van der Waals surface area (Å²) in [5, 5.41) is 10.1. The van der Waals surface area contributed by atoms with E-state index in [9.17, 15) is 13.2 Å². The molecule has 0 aliphatic carbocycles. The van der Waals surface area contributed by atoms with Crippen molar-refractivity contribution in [3.05, 3.63) is 107 Å². The predicted octanol–water partition coefficient (Wildman–Crippen LogP) is 4.70. The van der Waals surface area contributed by atoms with Gasteiger partial charge in [0.05, 0.1) is 35.6 Å². The lowest BCUT2D eigenvalue weighted by Crippen LogP contribution is -2.23. The molecule has 10 nitrogen and oxygen atoms in total. The molecule has 210 valence electrons. The Bertz CT molecular complexity index is 1770. The second kappa shape index (κ2) is 12.5. The standard InChI is InChI=1S/C29H28ClN7O3S/c1-41(39,40)18-21-8-12-23(13-9-21)33-28-32-15-14-24(34-28)17-31-19-37-26-5-3-2-4-25(26)35-29(37)36-27(38)16-20-6-10-22(30)11-7-20/h2-15,31H,16-19H2,1H3,(H,32,33,34)(H,35,36,38). The zero-order chi connectivity index (χ0) is 28.8. The number of rotatable bonds is 11. The van der Waals surface area contributed by atoms with Crippen LogP contribution in [-0.2, 0) is 40.0 Å². The van der Waals surface area contributed by atoms with E-state index in [1.165, 1.54) is 6.26 Å². The van der Waals surface area contributed by atoms with Crippen LogP contribution in [0.2, 0.25) is 5.02 Å². The van der Waals surface area contributed by atoms with Gasteiger partial charge in [-0.15, -0.1) is 0 Å². The number of nitrogens with one attached hydrogen (secondary N) is 3. The first-order chi connectivity index (χ1) is 19.7. The SMILES string of the molecule is CS(=O)(=O)Cc1ccc(Nc2nccc(CNCn3c(NC(=O)Cc4ccc(Cl)cc4)nc4ccccc43)n2)cc1. The molecule has 3 N–H and O–H groups in total. The van der Waals surface area contributed by atoms with E-state index in [4.69, 9.17) is 11.6 Å². The van der Waals surface area contributed by atoms with Crippen LogP contribution in [0.15, 0.2) is 85.1 Å². The lowest BCUT2D eigenvalue weighted by Gasteiger charge is -2.12. The van der Waals surface area contributed by atoms with Crippen LogP contribution in [0, 0.1) is 0 Å². The lowest BCUT2D eigenvalue weighted by atomic mass is 10.1. The molecule has 0 aliphatic heterocycles. The molecule has 0 saturated carbocycles. The first-order valence-electron chi connectivity index (χ1n) is 12.8. The second-order valence-corrected chi connectivity index (χ2v) is 12.1. The Morgan fingerprint density at radius 3 is 2.41 bits per heavy atom. The van der Waals surface area contributed by atoms with E-state index in [2.05, 4.69) is 30.9 Å². The molecule has 0 unspecified atom stereocenters. The predicted molar refractivity (Wildman–Crippen MR) is 161 cm³/mol. The van der Waals surface area contributed by atoms with E-state index in [0.717, 1.165) is 28.0 Å². The third-order valence-corrected chi connectivity index (χ3v) is 7.22. The van der Waals surface area contributed by atoms with Crippen molar-refractivity contribution < 1.29 is 13.2 Å². The molecule has 2 heterocycles. The molecule has 41 heavy (non-hydrogen) atoms. The summed E-state index contributed by atoms with van der Waals surface area (Å²) in [4.78, 5) is 26.3. The highest BCUT2D eigenvalue weighted by molar-refractivity contribution is 7.89. The summed E-state index contributed by atoms with van der Waals surface area (Å²) in [5.74, 6) is 0.676. The zero-order valence-corrected chi connectivity index (χ0v) is 23.8. The first-order valence-corrected chi connectivity index (χ1v) is 15.2. The number of nitrogens with zero attached hydrogens (tertiary/aromatic N) is 4. The van der Waals surface area contributed by atoms with Crippen molar-refractivity contribution in [1.82, 2.24) is 24.8 Å². The van der Waals surface area contributed by atoms with E-state index < -0.39 is 9.84 Å². The number of sulfone groups is 1. The number of imidazole rings is 1. The topological polar surface area (TPSA) is 131 Å². The second-order valence-electron chi connectivity index (χ2n) is 9.55. The van der Waals surface area contributed by atoms with E-state index in [-0.39, 0.29) is 18.1 Å². The normalized spacial score (nSPS) is 11.5. The highest BCUT2D eigenvalue weighted by Gasteiger charge is 2.14. The third kappa shape index (κ3) is 7.88. The summed E-state index contributed by atoms with van der Waals surface area (Å²) in [5.41, 5.74) is 4.72. The number of para-hydroxylation sites is 2. The first kappa shape index (κ1) is 28.2. The summed E-state index contributed by atoms with van der Waals surface area (Å²) < 4.78 is 24.9. The molecule has 0 bridgehead atoms. The van der Waals surface area contributed by atoms with Crippen molar-refractivity contribution in [1.29, 1.82) is 0 Å². The highest BCUT2D eigenvalue weighted by atomic mass is 35.5. The van der Waals surface area contributed by atoms with Crippen LogP contribution in [-0.4, -0.2) is 40.1 Å². The molecule has 5 rings (SSSR count). The maximum absolute atomic E-state index is 12.8. The average Bonchev–Trinajstić information content (AvgIpc) is 3.27. The van der Waals surface area contributed by atoms with Gasteiger partial charge in [-0.25, -0.2) is 23.4 Å². The van der Waals surface area contributed by atoms with Crippen LogP contribution in [0.25, 0.3) is 11.0 Å². The molecule has 0 atom stereocenters. The van der Waals surface area contributed by atoms with Crippen LogP contribution in [0.3, 0.4) is 0 Å². The van der Waals surface area contributed by atoms with Gasteiger partial charge >= 0.3 is 0 Å². The Morgan fingerprint density at radius 1 is 0.927 bits per heavy atom. The zero-order valence-electron chi connectivity index (χ0n) is 22.2. The van der Waals surface area contributed by atoms with Gasteiger partial charge in [0, 0.05) is 29.7 Å². The molecule has 0 radical (unpaired) electrons. The van der Waals surface area contributed by atoms with Crippen LogP contribution in [0.4, 0.5) is 17.6 Å². The monoisotopic (exact) mass is 589 g/mol. The molecule has 0 spiro atoms. The largest absolute Gasteiger partial charge is 0.324 e. The van der Waals surface area contributed by atoms with Gasteiger partial charge in [0.1, 0.15) is 0 Å². The Kier molecular flexibility index (Phi) is 8.58. The Hall–Kier alpha value is -4.32. The number of carbonyl (C=O) groups excluding carboxylic acids is 1. The third-order valence-electron chi connectivity index (χ3n) is 6.11. The van der Waals surface area contributed by atoms with Crippen molar-refractivity contribution in [2.24, 2.45) is 0 Å². The van der Waals surface area contributed by atoms with Gasteiger partial charge in [0.2, 0.25) is 17.8 Å². The number of hydrogen-bond donors (Lipinski definition) is 3. The Balaban J connectivity index is 1.23. The van der Waals surface area contributed by atoms with Crippen LogP contribution in [0.1, 0.15) is 16.8 Å². The maximum atomic E-state index is 12.8. The van der Waals surface area contributed by atoms with Crippen molar-refractivity contribution in [2.45, 2.75) is 25.4 Å². The van der Waals surface area contributed by atoms with Gasteiger partial charge in [0.15, 0.2) is 9.84 Å². The fraction of sp³-hybridized carbons (Fsp3) is 0.172. The number of anilines is 3. The van der Waals surface area contributed by atoms with Gasteiger partial charge in [-0.3, -0.25) is 20.0 Å². The van der Waals surface area contributed by atoms with Crippen molar-refractivity contribution in [2.75, 3.05) is 16.9 Å². The molecular weight excluding hydrogens is 562 g/mol. The van der Waals surface area contributed by atoms with Gasteiger partial charge in [0.25, 0.3) is 0 Å². The van der Waals surface area contributed by atoms with Crippen molar-refractivity contribution in [3.63, 3.8) is 0 Å². The summed E-state index contributed by atoms with van der Waals surface area (Å²) >= 11 is 5.96. The summed E-state index contributed by atoms with van der Waals surface area (Å²) in [6.45, 7) is 0.820. The number of aromatic nitrogens is 4. The number of fused-ring (bicyclic) bond motifs is 1. The van der Waals surface area contributed by atoms with E-state index >= 15 is 0 Å². The van der Waals surface area contributed by atoms with Crippen LogP contribution < -0.4 is 16.0 Å². The molecule has 12 heteroatoms. The smallest absolute Gasteiger partial charge is 0.231 e. The minimum absolute atomic E-state index is 0.00905. The Labute approximate surface area is 242 Å². The summed E-state index contributed by atoms with van der Waals surface area (Å²) in [6.07, 6.45) is 3.08. The molecule has 0 aliphatic rings. The molecule has 1 amide bonds. The molecule has 0 fully saturated rings. The number of halogens is 1. The minimum Gasteiger partial charge on any atom is -0.324 e. The summed E-state index contributed by atoms with van der Waals surface area (Å²) in [6, 6.07) is 23.8. The lowest BCUT2D eigenvalue weighted by molar-refractivity contribution is -0.115. The van der Waals surface area contributed by atoms with Gasteiger partial charge in [-0.05, 0) is 53.6 Å². The Morgan fingerprint density at radius 2 is 1.66 bits per heavy atom. The fourth-order valence-corrected chi connectivity index (χ4v) is 5.18. The number of amides is 1. The molecule has 2 aromatic heterocycles. The van der Waals surface area contributed by atoms with Gasteiger partial charge < -0.3 is 5.32 Å². The quantitative estimate of drug-likeness (QED) is 0.202. The highest BCUT2D eigenvalue weighted by Crippen LogP contribution is 2.20. The van der Waals surface area contributed by atoms with Crippen molar-refractivity contribution >= 4 is 56.0 Å². The molecule has 3 aromatic carbocycles. The molecular formula is C29H28ClN7O3S. The number of carbonyl (C=O) groups is 1.